The molecule has 0 saturated carbocycles. The number of ketones is 1. The zero-order valence-corrected chi connectivity index (χ0v) is 13.9. The Kier molecular flexibility index (Phi) is 9.04. The summed E-state index contributed by atoms with van der Waals surface area (Å²) in [6.45, 7) is 2.47. The number of hydrogen-bond donors (Lipinski definition) is 0. The quantitative estimate of drug-likeness (QED) is 0.152. The molecule has 0 aliphatic heterocycles. The van der Waals surface area contributed by atoms with Crippen LogP contribution in [0.25, 0.3) is 6.08 Å². The van der Waals surface area contributed by atoms with E-state index in [9.17, 15) is 19.7 Å². The van der Waals surface area contributed by atoms with Gasteiger partial charge in [0.2, 0.25) is 0 Å². The van der Waals surface area contributed by atoms with Crippen molar-refractivity contribution in [1.82, 2.24) is 0 Å². The number of nitro groups is 1. The molecule has 6 heteroatoms. The van der Waals surface area contributed by atoms with Crippen LogP contribution in [0, 0.1) is 10.1 Å². The topological polar surface area (TPSA) is 86.5 Å². The lowest BCUT2D eigenvalue weighted by Gasteiger charge is -2.03. The largest absolute Gasteiger partial charge is 0.465 e. The first-order valence-electron chi connectivity index (χ1n) is 8.14. The molecule has 0 amide bonds. The minimum atomic E-state index is -0.542. The van der Waals surface area contributed by atoms with Gasteiger partial charge in [-0.3, -0.25) is 19.7 Å². The van der Waals surface area contributed by atoms with Crippen LogP contribution >= 0.6 is 0 Å². The molecular formula is C18H23NO5. The van der Waals surface area contributed by atoms with Gasteiger partial charge in [-0.15, -0.1) is 0 Å². The second kappa shape index (κ2) is 11.1. The molecular weight excluding hydrogens is 310 g/mol. The van der Waals surface area contributed by atoms with Crippen LogP contribution in [0.5, 0.6) is 0 Å². The molecule has 0 fully saturated rings. The second-order valence-electron chi connectivity index (χ2n) is 5.46. The highest BCUT2D eigenvalue weighted by molar-refractivity contribution is 6.03. The zero-order valence-electron chi connectivity index (χ0n) is 13.9. The number of benzene rings is 1. The molecule has 130 valence electrons. The van der Waals surface area contributed by atoms with E-state index in [0.717, 1.165) is 25.7 Å². The fraction of sp³-hybridized carbons (Fsp3) is 0.444. The molecule has 0 radical (unpaired) electrons. The predicted molar refractivity (Wildman–Crippen MR) is 91.5 cm³/mol. The maximum absolute atomic E-state index is 11.7. The highest BCUT2D eigenvalue weighted by Gasteiger charge is 2.08. The van der Waals surface area contributed by atoms with Crippen molar-refractivity contribution in [3.63, 3.8) is 0 Å². The first kappa shape index (κ1) is 19.5. The lowest BCUT2D eigenvalue weighted by Crippen LogP contribution is -2.10. The molecule has 1 aromatic rings. The number of esters is 1. The lowest BCUT2D eigenvalue weighted by molar-refractivity contribution is -0.384. The number of nitrogens with zero attached hydrogens (tertiary/aromatic N) is 1. The molecule has 0 heterocycles. The van der Waals surface area contributed by atoms with Crippen molar-refractivity contribution in [2.45, 2.75) is 45.4 Å². The van der Waals surface area contributed by atoms with E-state index in [-0.39, 0.29) is 12.1 Å². The van der Waals surface area contributed by atoms with E-state index in [4.69, 9.17) is 4.74 Å². The summed E-state index contributed by atoms with van der Waals surface area (Å²) in [6, 6.07) is 5.91. The normalized spacial score (nSPS) is 10.7. The van der Waals surface area contributed by atoms with Crippen LogP contribution in [0.15, 0.2) is 30.3 Å². The van der Waals surface area contributed by atoms with Crippen molar-refractivity contribution < 1.29 is 19.2 Å². The van der Waals surface area contributed by atoms with Crippen molar-refractivity contribution in [2.24, 2.45) is 0 Å². The Morgan fingerprint density at radius 1 is 1.21 bits per heavy atom. The third-order valence-corrected chi connectivity index (χ3v) is 3.37. The lowest BCUT2D eigenvalue weighted by atomic mass is 10.1. The number of hydrogen-bond acceptors (Lipinski definition) is 5. The molecule has 0 aliphatic rings. The summed E-state index contributed by atoms with van der Waals surface area (Å²) >= 11 is 0. The fourth-order valence-corrected chi connectivity index (χ4v) is 2.08. The van der Waals surface area contributed by atoms with Crippen molar-refractivity contribution in [2.75, 3.05) is 6.61 Å². The van der Waals surface area contributed by atoms with Gasteiger partial charge in [-0.25, -0.2) is 0 Å². The smallest absolute Gasteiger partial charge is 0.313 e. The van der Waals surface area contributed by atoms with E-state index in [1.165, 1.54) is 36.8 Å². The number of rotatable bonds is 11. The van der Waals surface area contributed by atoms with Crippen LogP contribution in [0.3, 0.4) is 0 Å². The molecule has 0 atom stereocenters. The van der Waals surface area contributed by atoms with Gasteiger partial charge in [0.05, 0.1) is 11.5 Å². The Morgan fingerprint density at radius 3 is 2.67 bits per heavy atom. The number of unbranched alkanes of at least 4 members (excludes halogenated alkanes) is 4. The van der Waals surface area contributed by atoms with Crippen molar-refractivity contribution in [3.8, 4) is 0 Å². The Morgan fingerprint density at radius 2 is 1.96 bits per heavy atom. The van der Waals surface area contributed by atoms with Gasteiger partial charge < -0.3 is 4.74 Å². The van der Waals surface area contributed by atoms with Crippen LogP contribution < -0.4 is 0 Å². The number of non-ortho nitro benzene ring substituents is 1. The SMILES string of the molecule is CCCCCCCOC(=O)CC(=O)C=Cc1cccc([N+](=O)[O-])c1. The van der Waals surface area contributed by atoms with Gasteiger partial charge in [0.25, 0.3) is 5.69 Å². The van der Waals surface area contributed by atoms with Crippen LogP contribution in [0.1, 0.15) is 51.0 Å². The van der Waals surface area contributed by atoms with Gasteiger partial charge in [0.1, 0.15) is 6.42 Å². The molecule has 1 rings (SSSR count). The third-order valence-electron chi connectivity index (χ3n) is 3.37. The Hall–Kier alpha value is -2.50. The first-order valence-corrected chi connectivity index (χ1v) is 8.14. The second-order valence-corrected chi connectivity index (χ2v) is 5.46. The van der Waals surface area contributed by atoms with Gasteiger partial charge >= 0.3 is 5.97 Å². The summed E-state index contributed by atoms with van der Waals surface area (Å²) in [5.74, 6) is -0.934. The summed E-state index contributed by atoms with van der Waals surface area (Å²) in [5, 5.41) is 10.7. The summed E-state index contributed by atoms with van der Waals surface area (Å²) in [4.78, 5) is 33.4. The summed E-state index contributed by atoms with van der Waals surface area (Å²) in [7, 11) is 0. The highest BCUT2D eigenvalue weighted by Crippen LogP contribution is 2.14. The first-order chi connectivity index (χ1) is 11.5. The van der Waals surface area contributed by atoms with Crippen LogP contribution in [0.4, 0.5) is 5.69 Å². The summed E-state index contributed by atoms with van der Waals surface area (Å²) < 4.78 is 5.01. The maximum atomic E-state index is 11.7. The predicted octanol–water partition coefficient (Wildman–Crippen LogP) is 4.08. The van der Waals surface area contributed by atoms with E-state index < -0.39 is 16.7 Å². The average molecular weight is 333 g/mol. The standard InChI is InChI=1S/C18H23NO5/c1-2-3-4-5-6-12-24-18(21)14-17(20)11-10-15-8-7-9-16(13-15)19(22)23/h7-11,13H,2-6,12,14H2,1H3. The molecule has 1 aromatic carbocycles. The molecule has 0 aromatic heterocycles. The number of carbonyl (C=O) groups excluding carboxylic acids is 2. The van der Waals surface area contributed by atoms with Gasteiger partial charge in [-0.1, -0.05) is 50.8 Å². The zero-order chi connectivity index (χ0) is 17.8. The van der Waals surface area contributed by atoms with Crippen LogP contribution in [-0.4, -0.2) is 23.3 Å². The Bertz CT molecular complexity index is 595. The molecule has 0 saturated heterocycles. The van der Waals surface area contributed by atoms with E-state index in [1.807, 2.05) is 0 Å². The minimum Gasteiger partial charge on any atom is -0.465 e. The van der Waals surface area contributed by atoms with Gasteiger partial charge in [0.15, 0.2) is 5.78 Å². The van der Waals surface area contributed by atoms with Gasteiger partial charge in [-0.05, 0) is 18.1 Å². The monoisotopic (exact) mass is 333 g/mol. The molecule has 0 bridgehead atoms. The van der Waals surface area contributed by atoms with Gasteiger partial charge in [0, 0.05) is 12.1 Å². The summed E-state index contributed by atoms with van der Waals surface area (Å²) in [5.41, 5.74) is 0.480. The maximum Gasteiger partial charge on any atom is 0.313 e. The number of nitro benzene ring substituents is 1. The number of ether oxygens (including phenoxy) is 1. The molecule has 24 heavy (non-hydrogen) atoms. The van der Waals surface area contributed by atoms with Crippen molar-refractivity contribution in [3.05, 3.63) is 46.0 Å². The van der Waals surface area contributed by atoms with E-state index in [1.54, 1.807) is 6.07 Å². The van der Waals surface area contributed by atoms with E-state index >= 15 is 0 Å². The van der Waals surface area contributed by atoms with Gasteiger partial charge in [-0.2, -0.15) is 0 Å². The molecule has 0 aliphatic carbocycles. The Labute approximate surface area is 141 Å². The molecule has 0 unspecified atom stereocenters. The van der Waals surface area contributed by atoms with Crippen LogP contribution in [-0.2, 0) is 14.3 Å². The molecule has 0 spiro atoms. The highest BCUT2D eigenvalue weighted by atomic mass is 16.6. The number of carbonyl (C=O) groups is 2. The minimum absolute atomic E-state index is 0.0490. The Balaban J connectivity index is 2.33. The van der Waals surface area contributed by atoms with Crippen LogP contribution in [0.2, 0.25) is 0 Å². The van der Waals surface area contributed by atoms with E-state index in [2.05, 4.69) is 6.92 Å². The van der Waals surface area contributed by atoms with Crippen molar-refractivity contribution >= 4 is 23.5 Å². The van der Waals surface area contributed by atoms with E-state index in [0.29, 0.717) is 12.2 Å². The molecule has 6 nitrogen and oxygen atoms in total. The third kappa shape index (κ3) is 8.22. The van der Waals surface area contributed by atoms with Crippen molar-refractivity contribution in [1.29, 1.82) is 0 Å². The number of allylic oxidation sites excluding steroid dienone is 1. The molecule has 0 N–H and O–H groups in total. The average Bonchev–Trinajstić information content (AvgIpc) is 2.56. The summed E-state index contributed by atoms with van der Waals surface area (Å²) in [6.07, 6.45) is 7.65. The fourth-order valence-electron chi connectivity index (χ4n) is 2.08.